The first kappa shape index (κ1) is 15.2. The molecule has 4 nitrogen and oxygen atoms in total. The van der Waals surface area contributed by atoms with E-state index >= 15 is 0 Å². The van der Waals surface area contributed by atoms with Gasteiger partial charge >= 0.3 is 0 Å². The van der Waals surface area contributed by atoms with E-state index in [9.17, 15) is 8.42 Å². The lowest BCUT2D eigenvalue weighted by Crippen LogP contribution is -2.42. The summed E-state index contributed by atoms with van der Waals surface area (Å²) in [5.41, 5.74) is 0. The second-order valence-electron chi connectivity index (χ2n) is 3.37. The zero-order valence-electron chi connectivity index (χ0n) is 9.57. The molecule has 0 aromatic heterocycles. The van der Waals surface area contributed by atoms with Gasteiger partial charge in [0.05, 0.1) is 12.4 Å². The van der Waals surface area contributed by atoms with Crippen molar-refractivity contribution in [3.63, 3.8) is 0 Å². The molecule has 0 saturated heterocycles. The van der Waals surface area contributed by atoms with Crippen molar-refractivity contribution < 1.29 is 13.2 Å². The molecule has 0 heterocycles. The lowest BCUT2D eigenvalue weighted by Gasteiger charge is -2.26. The van der Waals surface area contributed by atoms with Gasteiger partial charge in [0.1, 0.15) is 0 Å². The number of likely N-dealkylation sites (N-methyl/N-ethyl adjacent to an activating group) is 1. The van der Waals surface area contributed by atoms with Crippen LogP contribution in [0, 0.1) is 0 Å². The lowest BCUT2D eigenvalue weighted by molar-refractivity contribution is 0.142. The Balaban J connectivity index is 4.50. The number of hydrogen-bond donors (Lipinski definition) is 0. The highest BCUT2D eigenvalue weighted by Crippen LogP contribution is 2.09. The van der Waals surface area contributed by atoms with Gasteiger partial charge in [0.15, 0.2) is 0 Å². The Hall–Kier alpha value is 0.160. The van der Waals surface area contributed by atoms with E-state index in [-0.39, 0.29) is 11.8 Å². The van der Waals surface area contributed by atoms with E-state index < -0.39 is 10.0 Å². The molecule has 1 atom stereocenters. The molecule has 0 aromatic rings. The molecule has 0 saturated carbocycles. The van der Waals surface area contributed by atoms with Crippen molar-refractivity contribution in [1.82, 2.24) is 4.31 Å². The van der Waals surface area contributed by atoms with Gasteiger partial charge in [0, 0.05) is 25.6 Å². The van der Waals surface area contributed by atoms with Crippen LogP contribution in [-0.4, -0.2) is 50.7 Å². The first-order chi connectivity index (χ1) is 6.99. The first-order valence-electron chi connectivity index (χ1n) is 5.04. The SMILES string of the molecule is CCN(C(C)COC)S(=O)(=O)CCCCl. The minimum Gasteiger partial charge on any atom is -0.383 e. The zero-order valence-corrected chi connectivity index (χ0v) is 11.1. The molecule has 0 bridgehead atoms. The molecule has 0 aromatic carbocycles. The van der Waals surface area contributed by atoms with Crippen molar-refractivity contribution in [2.75, 3.05) is 31.9 Å². The van der Waals surface area contributed by atoms with Crippen LogP contribution >= 0.6 is 11.6 Å². The molecule has 0 fully saturated rings. The summed E-state index contributed by atoms with van der Waals surface area (Å²) < 4.78 is 30.1. The molecule has 6 heteroatoms. The number of sulfonamides is 1. The minimum absolute atomic E-state index is 0.110. The second kappa shape index (κ2) is 7.44. The Labute approximate surface area is 97.6 Å². The van der Waals surface area contributed by atoms with E-state index in [0.717, 1.165) is 0 Å². The number of ether oxygens (including phenoxy) is 1. The molecule has 0 aliphatic rings. The van der Waals surface area contributed by atoms with Gasteiger partial charge in [-0.15, -0.1) is 11.6 Å². The summed E-state index contributed by atoms with van der Waals surface area (Å²) in [6, 6.07) is -0.125. The first-order valence-corrected chi connectivity index (χ1v) is 7.18. The van der Waals surface area contributed by atoms with Crippen LogP contribution in [-0.2, 0) is 14.8 Å². The summed E-state index contributed by atoms with van der Waals surface area (Å²) >= 11 is 5.49. The van der Waals surface area contributed by atoms with Crippen molar-refractivity contribution in [2.24, 2.45) is 0 Å². The molecule has 0 amide bonds. The maximum atomic E-state index is 11.8. The number of halogens is 1. The maximum Gasteiger partial charge on any atom is 0.214 e. The zero-order chi connectivity index (χ0) is 11.9. The van der Waals surface area contributed by atoms with Gasteiger partial charge in [0.25, 0.3) is 0 Å². The number of alkyl halides is 1. The van der Waals surface area contributed by atoms with Gasteiger partial charge in [0.2, 0.25) is 10.0 Å². The van der Waals surface area contributed by atoms with Crippen LogP contribution in [0.4, 0.5) is 0 Å². The van der Waals surface area contributed by atoms with Gasteiger partial charge in [-0.1, -0.05) is 6.92 Å². The molecule has 0 N–H and O–H groups in total. The van der Waals surface area contributed by atoms with Crippen LogP contribution in [0.2, 0.25) is 0 Å². The Morgan fingerprint density at radius 1 is 1.47 bits per heavy atom. The monoisotopic (exact) mass is 257 g/mol. The van der Waals surface area contributed by atoms with E-state index in [0.29, 0.717) is 25.5 Å². The summed E-state index contributed by atoms with van der Waals surface area (Å²) in [5.74, 6) is 0.480. The molecule has 0 aliphatic carbocycles. The summed E-state index contributed by atoms with van der Waals surface area (Å²) in [4.78, 5) is 0. The van der Waals surface area contributed by atoms with Crippen LogP contribution in [0.3, 0.4) is 0 Å². The molecule has 0 aliphatic heterocycles. The minimum atomic E-state index is -3.19. The molecule has 1 unspecified atom stereocenters. The average Bonchev–Trinajstić information content (AvgIpc) is 2.16. The second-order valence-corrected chi connectivity index (χ2v) is 5.79. The lowest BCUT2D eigenvalue weighted by atomic mass is 10.4. The molecule has 0 rings (SSSR count). The van der Waals surface area contributed by atoms with Crippen molar-refractivity contribution in [3.8, 4) is 0 Å². The highest BCUT2D eigenvalue weighted by molar-refractivity contribution is 7.89. The highest BCUT2D eigenvalue weighted by Gasteiger charge is 2.24. The Bertz CT molecular complexity index is 256. The van der Waals surface area contributed by atoms with Crippen LogP contribution in [0.1, 0.15) is 20.3 Å². The number of rotatable bonds is 8. The number of methoxy groups -OCH3 is 1. The molecular weight excluding hydrogens is 238 g/mol. The van der Waals surface area contributed by atoms with Crippen LogP contribution < -0.4 is 0 Å². The smallest absolute Gasteiger partial charge is 0.214 e. The van der Waals surface area contributed by atoms with Gasteiger partial charge in [-0.25, -0.2) is 8.42 Å². The van der Waals surface area contributed by atoms with Crippen molar-refractivity contribution in [3.05, 3.63) is 0 Å². The fourth-order valence-electron chi connectivity index (χ4n) is 1.46. The Kier molecular flexibility index (Phi) is 7.52. The van der Waals surface area contributed by atoms with Crippen LogP contribution in [0.25, 0.3) is 0 Å². The third kappa shape index (κ3) is 5.15. The normalized spacial score (nSPS) is 14.5. The predicted molar refractivity (Wildman–Crippen MR) is 62.8 cm³/mol. The van der Waals surface area contributed by atoms with E-state index in [1.54, 1.807) is 7.11 Å². The summed E-state index contributed by atoms with van der Waals surface area (Å²) in [6.07, 6.45) is 0.486. The Morgan fingerprint density at radius 2 is 2.07 bits per heavy atom. The molecular formula is C9H20ClNO3S. The van der Waals surface area contributed by atoms with E-state index in [1.807, 2.05) is 13.8 Å². The van der Waals surface area contributed by atoms with Gasteiger partial charge in [-0.3, -0.25) is 0 Å². The topological polar surface area (TPSA) is 46.6 Å². The third-order valence-electron chi connectivity index (χ3n) is 2.10. The largest absolute Gasteiger partial charge is 0.383 e. The Morgan fingerprint density at radius 3 is 2.47 bits per heavy atom. The van der Waals surface area contributed by atoms with Gasteiger partial charge in [-0.05, 0) is 13.3 Å². The molecule has 0 radical (unpaired) electrons. The fourth-order valence-corrected chi connectivity index (χ4v) is 3.50. The predicted octanol–water partition coefficient (Wildman–Crippen LogP) is 1.30. The number of nitrogens with zero attached hydrogens (tertiary/aromatic N) is 1. The van der Waals surface area contributed by atoms with Crippen LogP contribution in [0.15, 0.2) is 0 Å². The maximum absolute atomic E-state index is 11.8. The van der Waals surface area contributed by atoms with Crippen LogP contribution in [0.5, 0.6) is 0 Å². The fraction of sp³-hybridized carbons (Fsp3) is 1.00. The summed E-state index contributed by atoms with van der Waals surface area (Å²) in [7, 11) is -1.62. The van der Waals surface area contributed by atoms with E-state index in [4.69, 9.17) is 16.3 Å². The summed E-state index contributed by atoms with van der Waals surface area (Å²) in [6.45, 7) is 4.54. The van der Waals surface area contributed by atoms with Gasteiger partial charge < -0.3 is 4.74 Å². The van der Waals surface area contributed by atoms with E-state index in [1.165, 1.54) is 4.31 Å². The van der Waals surface area contributed by atoms with Gasteiger partial charge in [-0.2, -0.15) is 4.31 Å². The van der Waals surface area contributed by atoms with Crippen molar-refractivity contribution in [1.29, 1.82) is 0 Å². The quantitative estimate of drug-likeness (QED) is 0.616. The average molecular weight is 258 g/mol. The molecule has 92 valence electrons. The number of hydrogen-bond acceptors (Lipinski definition) is 3. The van der Waals surface area contributed by atoms with Crippen molar-refractivity contribution in [2.45, 2.75) is 26.3 Å². The molecule has 0 spiro atoms. The standard InChI is InChI=1S/C9H20ClNO3S/c1-4-11(9(2)8-14-3)15(12,13)7-5-6-10/h9H,4-8H2,1-3H3. The van der Waals surface area contributed by atoms with E-state index in [2.05, 4.69) is 0 Å². The van der Waals surface area contributed by atoms with Crippen molar-refractivity contribution >= 4 is 21.6 Å². The highest BCUT2D eigenvalue weighted by atomic mass is 35.5. The third-order valence-corrected chi connectivity index (χ3v) is 4.51. The summed E-state index contributed by atoms with van der Waals surface area (Å²) in [5, 5.41) is 0. The molecule has 15 heavy (non-hydrogen) atoms.